The van der Waals surface area contributed by atoms with E-state index < -0.39 is 11.9 Å². The lowest BCUT2D eigenvalue weighted by Gasteiger charge is -1.93. The van der Waals surface area contributed by atoms with E-state index in [2.05, 4.69) is 6.58 Å². The fourth-order valence-electron chi connectivity index (χ4n) is 1.34. The molecule has 0 saturated heterocycles. The highest BCUT2D eigenvalue weighted by Gasteiger charge is 1.99. The molecule has 2 aromatic carbocycles. The molecule has 102 valence electrons. The predicted molar refractivity (Wildman–Crippen MR) is 76.9 cm³/mol. The molecule has 0 aromatic heterocycles. The first-order valence-electron chi connectivity index (χ1n) is 5.78. The van der Waals surface area contributed by atoms with E-state index in [4.69, 9.17) is 10.2 Å². The van der Waals surface area contributed by atoms with Gasteiger partial charge in [0, 0.05) is 0 Å². The van der Waals surface area contributed by atoms with Crippen molar-refractivity contribution in [3.8, 4) is 0 Å². The molecule has 0 amide bonds. The van der Waals surface area contributed by atoms with Crippen molar-refractivity contribution in [3.05, 3.63) is 77.9 Å². The van der Waals surface area contributed by atoms with Crippen LogP contribution < -0.4 is 0 Å². The average Bonchev–Trinajstić information content (AvgIpc) is 2.49. The van der Waals surface area contributed by atoms with Gasteiger partial charge in [0.2, 0.25) is 0 Å². The van der Waals surface area contributed by atoms with Crippen LogP contribution in [0, 0.1) is 0 Å². The molecule has 0 atom stereocenters. The van der Waals surface area contributed by atoms with Gasteiger partial charge >= 0.3 is 11.9 Å². The number of rotatable bonds is 3. The van der Waals surface area contributed by atoms with Gasteiger partial charge in [-0.05, 0) is 29.8 Å². The lowest BCUT2D eigenvalue weighted by molar-refractivity contribution is 0.0686. The van der Waals surface area contributed by atoms with Crippen LogP contribution in [0.2, 0.25) is 0 Å². The summed E-state index contributed by atoms with van der Waals surface area (Å²) in [6.45, 7) is 3.56. The summed E-state index contributed by atoms with van der Waals surface area (Å²) in [6, 6.07) is 14.8. The largest absolute Gasteiger partial charge is 0.478 e. The van der Waals surface area contributed by atoms with Crippen LogP contribution in [-0.4, -0.2) is 22.2 Å². The lowest BCUT2D eigenvalue weighted by Crippen LogP contribution is -1.94. The highest BCUT2D eigenvalue weighted by Crippen LogP contribution is 2.04. The van der Waals surface area contributed by atoms with E-state index in [1.165, 1.54) is 0 Å². The molecule has 4 nitrogen and oxygen atoms in total. The van der Waals surface area contributed by atoms with Crippen molar-refractivity contribution in [3.63, 3.8) is 0 Å². The zero-order valence-electron chi connectivity index (χ0n) is 10.7. The van der Waals surface area contributed by atoms with Crippen LogP contribution in [0.1, 0.15) is 26.3 Å². The summed E-state index contributed by atoms with van der Waals surface area (Å²) in [5.74, 6) is -1.78. The Morgan fingerprint density at radius 3 is 1.60 bits per heavy atom. The summed E-state index contributed by atoms with van der Waals surface area (Å²) in [6.07, 6.45) is 1.67. The van der Waals surface area contributed by atoms with Gasteiger partial charge in [-0.25, -0.2) is 9.59 Å². The van der Waals surface area contributed by atoms with E-state index in [9.17, 15) is 9.59 Å². The normalized spacial score (nSPS) is 9.00. The average molecular weight is 270 g/mol. The molecular weight excluding hydrogens is 256 g/mol. The second-order valence-electron chi connectivity index (χ2n) is 3.80. The maximum absolute atomic E-state index is 10.4. The predicted octanol–water partition coefficient (Wildman–Crippen LogP) is 3.41. The Labute approximate surface area is 116 Å². The van der Waals surface area contributed by atoms with Crippen molar-refractivity contribution < 1.29 is 19.8 Å². The van der Waals surface area contributed by atoms with E-state index in [-0.39, 0.29) is 0 Å². The highest BCUT2D eigenvalue weighted by atomic mass is 16.4. The molecule has 0 aliphatic rings. The monoisotopic (exact) mass is 270 g/mol. The van der Waals surface area contributed by atoms with Crippen LogP contribution in [0.15, 0.2) is 61.2 Å². The molecule has 0 spiro atoms. The van der Waals surface area contributed by atoms with Crippen LogP contribution >= 0.6 is 0 Å². The van der Waals surface area contributed by atoms with Gasteiger partial charge < -0.3 is 10.2 Å². The van der Waals surface area contributed by atoms with Crippen LogP contribution in [0.5, 0.6) is 0 Å². The smallest absolute Gasteiger partial charge is 0.335 e. The molecule has 0 bridgehead atoms. The summed E-state index contributed by atoms with van der Waals surface area (Å²) < 4.78 is 0. The molecule has 20 heavy (non-hydrogen) atoms. The van der Waals surface area contributed by atoms with E-state index >= 15 is 0 Å². The van der Waals surface area contributed by atoms with E-state index in [0.717, 1.165) is 5.56 Å². The van der Waals surface area contributed by atoms with Gasteiger partial charge in [-0.1, -0.05) is 43.0 Å². The van der Waals surface area contributed by atoms with Crippen LogP contribution in [0.3, 0.4) is 0 Å². The van der Waals surface area contributed by atoms with Crippen LogP contribution in [-0.2, 0) is 0 Å². The minimum atomic E-state index is -0.902. The second-order valence-corrected chi connectivity index (χ2v) is 3.80. The lowest BCUT2D eigenvalue weighted by atomic mass is 10.1. The SMILES string of the molecule is C=Cc1ccc(C(=O)O)cc1.O=C(O)c1ccccc1. The molecule has 0 radical (unpaired) electrons. The van der Waals surface area contributed by atoms with Gasteiger partial charge in [-0.3, -0.25) is 0 Å². The molecule has 2 rings (SSSR count). The molecule has 0 aliphatic heterocycles. The second kappa shape index (κ2) is 7.53. The Kier molecular flexibility index (Phi) is 5.72. The maximum Gasteiger partial charge on any atom is 0.335 e. The van der Waals surface area contributed by atoms with Gasteiger partial charge in [0.15, 0.2) is 0 Å². The van der Waals surface area contributed by atoms with Crippen molar-refractivity contribution in [2.75, 3.05) is 0 Å². The molecular formula is C16H14O4. The fraction of sp³-hybridized carbons (Fsp3) is 0. The topological polar surface area (TPSA) is 74.6 Å². The van der Waals surface area contributed by atoms with Gasteiger partial charge in [0.1, 0.15) is 0 Å². The van der Waals surface area contributed by atoms with E-state index in [1.807, 2.05) is 0 Å². The summed E-state index contributed by atoms with van der Waals surface area (Å²) in [7, 11) is 0. The fourth-order valence-corrected chi connectivity index (χ4v) is 1.34. The number of carbonyl (C=O) groups is 2. The number of carboxylic acid groups (broad SMARTS) is 2. The van der Waals surface area contributed by atoms with Crippen molar-refractivity contribution in [1.82, 2.24) is 0 Å². The van der Waals surface area contributed by atoms with Crippen LogP contribution in [0.25, 0.3) is 6.08 Å². The van der Waals surface area contributed by atoms with Crippen molar-refractivity contribution in [2.24, 2.45) is 0 Å². The first-order valence-corrected chi connectivity index (χ1v) is 5.78. The molecule has 2 aromatic rings. The van der Waals surface area contributed by atoms with E-state index in [0.29, 0.717) is 11.1 Å². The Bertz CT molecular complexity index is 586. The Morgan fingerprint density at radius 1 is 0.800 bits per heavy atom. The van der Waals surface area contributed by atoms with Crippen molar-refractivity contribution in [1.29, 1.82) is 0 Å². The third-order valence-electron chi connectivity index (χ3n) is 2.41. The molecule has 0 aliphatic carbocycles. The quantitative estimate of drug-likeness (QED) is 0.896. The zero-order chi connectivity index (χ0) is 15.0. The summed E-state index contributed by atoms with van der Waals surface area (Å²) in [5, 5.41) is 16.9. The van der Waals surface area contributed by atoms with Gasteiger partial charge in [-0.15, -0.1) is 0 Å². The molecule has 2 N–H and O–H groups in total. The zero-order valence-corrected chi connectivity index (χ0v) is 10.7. The number of hydrogen-bond acceptors (Lipinski definition) is 2. The molecule has 0 fully saturated rings. The first kappa shape index (κ1) is 15.2. The molecule has 0 unspecified atom stereocenters. The number of aromatic carboxylic acids is 2. The van der Waals surface area contributed by atoms with Crippen LogP contribution in [0.4, 0.5) is 0 Å². The molecule has 0 heterocycles. The molecule has 4 heteroatoms. The minimum absolute atomic E-state index is 0.301. The first-order chi connectivity index (χ1) is 9.54. The van der Waals surface area contributed by atoms with E-state index in [1.54, 1.807) is 60.7 Å². The maximum atomic E-state index is 10.4. The Morgan fingerprint density at radius 2 is 1.25 bits per heavy atom. The van der Waals surface area contributed by atoms with Gasteiger partial charge in [0.05, 0.1) is 11.1 Å². The van der Waals surface area contributed by atoms with Gasteiger partial charge in [0.25, 0.3) is 0 Å². The Hall–Kier alpha value is -2.88. The summed E-state index contributed by atoms with van der Waals surface area (Å²) in [5.41, 5.74) is 1.56. The minimum Gasteiger partial charge on any atom is -0.478 e. The summed E-state index contributed by atoms with van der Waals surface area (Å²) >= 11 is 0. The van der Waals surface area contributed by atoms with Crippen molar-refractivity contribution >= 4 is 18.0 Å². The third kappa shape index (κ3) is 4.78. The van der Waals surface area contributed by atoms with Crippen molar-refractivity contribution in [2.45, 2.75) is 0 Å². The highest BCUT2D eigenvalue weighted by molar-refractivity contribution is 5.88. The summed E-state index contributed by atoms with van der Waals surface area (Å²) in [4.78, 5) is 20.6. The number of carboxylic acids is 2. The standard InChI is InChI=1S/C9H8O2.C7H6O2/c1-2-7-3-5-8(6-4-7)9(10)11;8-7(9)6-4-2-1-3-5-6/h2-6H,1H2,(H,10,11);1-5H,(H,8,9). The third-order valence-corrected chi connectivity index (χ3v) is 2.41. The number of benzene rings is 2. The Balaban J connectivity index is 0.000000204. The van der Waals surface area contributed by atoms with Gasteiger partial charge in [-0.2, -0.15) is 0 Å². The molecule has 0 saturated carbocycles. The number of hydrogen-bond donors (Lipinski definition) is 2.